The van der Waals surface area contributed by atoms with Crippen LogP contribution in [-0.4, -0.2) is 58.1 Å². The Morgan fingerprint density at radius 3 is 1.05 bits per heavy atom. The molecule has 0 saturated carbocycles. The molecule has 2 aliphatic carbocycles. The Balaban J connectivity index is 0.626. The maximum Gasteiger partial charge on any atom is 0.164 e. The standard InChI is InChI=1S/C130H82N12S2/c1-129(2)97-47-23-16-40-83(97)87-59-66-105-113(117(87)129)91-44-18-26-50-100(91)141(105)109-52-30-70-131-119(109)95-73-81(127-135-123(77-32-8-4-9-33-77)133-124(136-127)78-34-10-5-11-35-78)57-64-103(95)139-99-49-25-19-45-92(99)114-106(139)67-60-88-84-41-17-24-48-98(84)130(3,118(88)114)75-76-56-63-102-94(72-76)116-108(69-62-90-86-43-22-29-55-112(86)144-122(90)116)142(102)110-53-31-71-132-120(110)96-74-82(128-137-125(79-36-12-6-13-37-79)134-126(138-128)80-38-14-7-15-39-80)58-65-104(96)140-101-51-27-20-46-93(101)115-107(140)68-61-89-85-42-21-28-54-111(85)143-121(89)115/h4-74H,75H2,1-3H3. The number of thiophene rings is 2. The highest BCUT2D eigenvalue weighted by Gasteiger charge is 2.44. The van der Waals surface area contributed by atoms with Gasteiger partial charge >= 0.3 is 0 Å². The van der Waals surface area contributed by atoms with Crippen molar-refractivity contribution in [1.29, 1.82) is 0 Å². The van der Waals surface area contributed by atoms with Crippen LogP contribution in [0.4, 0.5) is 0 Å². The van der Waals surface area contributed by atoms with Gasteiger partial charge in [-0.1, -0.05) is 312 Å². The Hall–Kier alpha value is -18.1. The molecule has 0 saturated heterocycles. The Bertz CT molecular complexity index is 10200. The smallest absolute Gasteiger partial charge is 0.164 e. The second-order valence-corrected chi connectivity index (χ2v) is 41.0. The molecule has 30 rings (SSSR count). The van der Waals surface area contributed by atoms with E-state index in [0.29, 0.717) is 41.4 Å². The van der Waals surface area contributed by atoms with Crippen LogP contribution < -0.4 is 0 Å². The van der Waals surface area contributed by atoms with E-state index in [4.69, 9.17) is 39.9 Å². The summed E-state index contributed by atoms with van der Waals surface area (Å²) < 4.78 is 15.0. The minimum atomic E-state index is -0.603. The van der Waals surface area contributed by atoms with Gasteiger partial charge in [0.1, 0.15) is 0 Å². The second kappa shape index (κ2) is 31.5. The summed E-state index contributed by atoms with van der Waals surface area (Å²) in [6.45, 7) is 7.30. The van der Waals surface area contributed by atoms with Crippen LogP contribution >= 0.6 is 22.7 Å². The zero-order valence-corrected chi connectivity index (χ0v) is 80.0. The lowest BCUT2D eigenvalue weighted by molar-refractivity contribution is 0.588. The summed E-state index contributed by atoms with van der Waals surface area (Å²) in [6, 6.07) is 152. The Kier molecular flexibility index (Phi) is 17.9. The summed E-state index contributed by atoms with van der Waals surface area (Å²) in [7, 11) is 0. The predicted molar refractivity (Wildman–Crippen MR) is 595 cm³/mol. The molecule has 14 heteroatoms. The van der Waals surface area contributed by atoms with E-state index < -0.39 is 5.41 Å². The molecule has 0 radical (unpaired) electrons. The number of aromatic nitrogens is 12. The molecule has 1 unspecified atom stereocenters. The highest BCUT2D eigenvalue weighted by atomic mass is 32.1. The van der Waals surface area contributed by atoms with E-state index >= 15 is 0 Å². The maximum atomic E-state index is 5.71. The third kappa shape index (κ3) is 12.1. The van der Waals surface area contributed by atoms with Crippen LogP contribution in [-0.2, 0) is 17.3 Å². The van der Waals surface area contributed by atoms with Crippen LogP contribution in [0.2, 0.25) is 0 Å². The molecule has 0 spiro atoms. The topological polar surface area (TPSA) is 123 Å². The van der Waals surface area contributed by atoms with Gasteiger partial charge in [0.05, 0.1) is 78.3 Å². The zero-order chi connectivity index (χ0) is 94.9. The lowest BCUT2D eigenvalue weighted by Gasteiger charge is -2.29. The lowest BCUT2D eigenvalue weighted by atomic mass is 9.74. The van der Waals surface area contributed by atoms with Crippen LogP contribution in [0.1, 0.15) is 48.6 Å². The molecule has 10 heterocycles. The first kappa shape index (κ1) is 81.9. The Morgan fingerprint density at radius 2 is 0.576 bits per heavy atom. The van der Waals surface area contributed by atoms with Crippen molar-refractivity contribution in [3.63, 3.8) is 0 Å². The van der Waals surface area contributed by atoms with Gasteiger partial charge in [-0.05, 0) is 184 Å². The van der Waals surface area contributed by atoms with E-state index in [1.165, 1.54) is 123 Å². The quantitative estimate of drug-likeness (QED) is 0.105. The molecule has 0 bridgehead atoms. The number of pyridine rings is 2. The van der Waals surface area contributed by atoms with Crippen LogP contribution in [0.15, 0.2) is 431 Å². The SMILES string of the molecule is CC1(C)c2ccccc2-c2ccc3c(c21)c1ccccc1n3-c1cccnc1-c1cc(-c2nc(-c3ccccc3)nc(-c3ccccc3)n2)ccc1-n1c2ccccc2c2c3c(ccc21)-c1ccccc1C3(C)Cc1ccc2c(c1)c1c3sc4ccccc4c3ccc1n2-c1cccnc1-c1cc(-c2nc(-c3ccccc3)nc(-c3ccccc3)n2)ccc1-n1c2ccccc2c2c3sc4ccccc4c3ccc21. The largest absolute Gasteiger partial charge is 0.309 e. The summed E-state index contributed by atoms with van der Waals surface area (Å²) in [5, 5.41) is 14.5. The van der Waals surface area contributed by atoms with Gasteiger partial charge in [-0.2, -0.15) is 0 Å². The average molecular weight is 1880 g/mol. The Labute approximate surface area is 834 Å². The summed E-state index contributed by atoms with van der Waals surface area (Å²) in [5.41, 5.74) is 31.6. The molecule has 1 atom stereocenters. The molecule has 0 N–H and O–H groups in total. The molecule has 10 aromatic heterocycles. The fraction of sp³-hybridized carbons (Fsp3) is 0.0462. The minimum absolute atomic E-state index is 0.289. The zero-order valence-electron chi connectivity index (χ0n) is 78.4. The Morgan fingerprint density at radius 1 is 0.229 bits per heavy atom. The molecule has 144 heavy (non-hydrogen) atoms. The molecule has 0 aliphatic heterocycles. The normalized spacial score (nSPS) is 13.8. The van der Waals surface area contributed by atoms with Crippen LogP contribution in [0.3, 0.4) is 0 Å². The fourth-order valence-electron chi connectivity index (χ4n) is 24.4. The summed E-state index contributed by atoms with van der Waals surface area (Å²) in [4.78, 5) is 43.5. The number of benzene rings is 18. The van der Waals surface area contributed by atoms with E-state index in [0.717, 1.165) is 134 Å². The van der Waals surface area contributed by atoms with Crippen molar-refractivity contribution in [1.82, 2.24) is 58.1 Å². The maximum absolute atomic E-state index is 5.71. The lowest BCUT2D eigenvalue weighted by Crippen LogP contribution is -2.24. The molecule has 0 amide bonds. The highest BCUT2D eigenvalue weighted by molar-refractivity contribution is 7.27. The summed E-state index contributed by atoms with van der Waals surface area (Å²) in [5.74, 6) is 3.42. The van der Waals surface area contributed by atoms with Crippen molar-refractivity contribution in [2.45, 2.75) is 38.0 Å². The first-order valence-electron chi connectivity index (χ1n) is 49.1. The molecule has 28 aromatic rings. The van der Waals surface area contributed by atoms with Crippen molar-refractivity contribution in [3.05, 3.63) is 459 Å². The van der Waals surface area contributed by atoms with Gasteiger partial charge in [-0.3, -0.25) is 9.97 Å². The number of rotatable bonds is 14. The van der Waals surface area contributed by atoms with E-state index in [1.54, 1.807) is 0 Å². The highest BCUT2D eigenvalue weighted by Crippen LogP contribution is 2.59. The number of para-hydroxylation sites is 3. The third-order valence-electron chi connectivity index (χ3n) is 30.6. The first-order chi connectivity index (χ1) is 71.1. The number of nitrogens with zero attached hydrogens (tertiary/aromatic N) is 12. The number of hydrogen-bond acceptors (Lipinski definition) is 10. The van der Waals surface area contributed by atoms with Gasteiger partial charge in [0.25, 0.3) is 0 Å². The summed E-state index contributed by atoms with van der Waals surface area (Å²) in [6.07, 6.45) is 4.58. The fourth-order valence-corrected chi connectivity index (χ4v) is 26.9. The molecular formula is C130H82N12S2. The predicted octanol–water partition coefficient (Wildman–Crippen LogP) is 33.1. The van der Waals surface area contributed by atoms with Gasteiger partial charge in [0.15, 0.2) is 34.9 Å². The van der Waals surface area contributed by atoms with E-state index in [2.05, 4.69) is 385 Å². The van der Waals surface area contributed by atoms with Gasteiger partial charge in [0.2, 0.25) is 0 Å². The molecule has 12 nitrogen and oxygen atoms in total. The van der Waals surface area contributed by atoms with E-state index in [-0.39, 0.29) is 5.41 Å². The van der Waals surface area contributed by atoms with Crippen molar-refractivity contribution in [3.8, 4) is 136 Å². The van der Waals surface area contributed by atoms with E-state index in [9.17, 15) is 0 Å². The van der Waals surface area contributed by atoms with Crippen molar-refractivity contribution >= 4 is 150 Å². The van der Waals surface area contributed by atoms with Crippen LogP contribution in [0.5, 0.6) is 0 Å². The van der Waals surface area contributed by atoms with Crippen LogP contribution in [0.25, 0.3) is 263 Å². The molecule has 674 valence electrons. The van der Waals surface area contributed by atoms with Crippen molar-refractivity contribution < 1.29 is 0 Å². The van der Waals surface area contributed by atoms with Crippen molar-refractivity contribution in [2.24, 2.45) is 0 Å². The van der Waals surface area contributed by atoms with Gasteiger partial charge in [-0.15, -0.1) is 22.7 Å². The van der Waals surface area contributed by atoms with Gasteiger partial charge in [-0.25, -0.2) is 29.9 Å². The number of hydrogen-bond donors (Lipinski definition) is 0. The molecule has 0 fully saturated rings. The monoisotopic (exact) mass is 1870 g/mol. The van der Waals surface area contributed by atoms with E-state index in [1.807, 2.05) is 108 Å². The first-order valence-corrected chi connectivity index (χ1v) is 50.7. The average Bonchev–Trinajstić information content (AvgIpc) is 1.53. The third-order valence-corrected chi connectivity index (χ3v) is 33.0. The molecular weight excluding hydrogens is 1790 g/mol. The second-order valence-electron chi connectivity index (χ2n) is 38.9. The molecule has 2 aliphatic rings. The minimum Gasteiger partial charge on any atom is -0.309 e. The van der Waals surface area contributed by atoms with Gasteiger partial charge in [0, 0.05) is 151 Å². The summed E-state index contributed by atoms with van der Waals surface area (Å²) >= 11 is 3.74. The van der Waals surface area contributed by atoms with Crippen LogP contribution in [0, 0.1) is 0 Å². The van der Waals surface area contributed by atoms with Crippen molar-refractivity contribution in [2.75, 3.05) is 0 Å². The molecule has 18 aromatic carbocycles. The van der Waals surface area contributed by atoms with Gasteiger partial charge < -0.3 is 18.3 Å². The number of fused-ring (bicyclic) bond motifs is 28.